The molecule has 0 spiro atoms. The number of benzene rings is 4. The second kappa shape index (κ2) is 12.1. The van der Waals surface area contributed by atoms with Crippen LogP contribution in [0.25, 0.3) is 21.5 Å². The monoisotopic (exact) mass is 656 g/mol. The minimum absolute atomic E-state index is 0.142. The van der Waals surface area contributed by atoms with Gasteiger partial charge in [-0.2, -0.15) is 27.1 Å². The molecule has 2 aliphatic rings. The summed E-state index contributed by atoms with van der Waals surface area (Å²) in [4.78, 5) is -0.573. The zero-order valence-electron chi connectivity index (χ0n) is 24.2. The Morgan fingerprint density at radius 3 is 1.22 bits per heavy atom. The van der Waals surface area contributed by atoms with E-state index in [-0.39, 0.29) is 32.5 Å². The van der Waals surface area contributed by atoms with E-state index in [0.717, 1.165) is 11.1 Å². The molecule has 4 aromatic carbocycles. The third kappa shape index (κ3) is 6.23. The zero-order chi connectivity index (χ0) is 32.6. The molecular weight excluding hydrogens is 629 g/mol. The highest BCUT2D eigenvalue weighted by molar-refractivity contribution is 7.86. The maximum atomic E-state index is 12.0. The van der Waals surface area contributed by atoms with Gasteiger partial charge in [0.05, 0.1) is 22.8 Å². The first-order chi connectivity index (χ1) is 21.9. The summed E-state index contributed by atoms with van der Waals surface area (Å²) in [5.74, 6) is 0. The Bertz CT molecular complexity index is 2170. The van der Waals surface area contributed by atoms with Gasteiger partial charge in [-0.3, -0.25) is 9.11 Å². The molecule has 14 heteroatoms. The second-order valence-electron chi connectivity index (χ2n) is 10.8. The van der Waals surface area contributed by atoms with Crippen molar-refractivity contribution in [3.05, 3.63) is 108 Å². The Labute approximate surface area is 264 Å². The molecule has 0 aromatic heterocycles. The average molecular weight is 657 g/mol. The summed E-state index contributed by atoms with van der Waals surface area (Å²) in [6.07, 6.45) is 10.2. The second-order valence-corrected chi connectivity index (χ2v) is 13.5. The Kier molecular flexibility index (Phi) is 8.12. The van der Waals surface area contributed by atoms with E-state index in [1.165, 1.54) is 12.1 Å². The van der Waals surface area contributed by atoms with Crippen LogP contribution in [0.1, 0.15) is 25.7 Å². The van der Waals surface area contributed by atoms with Crippen LogP contribution in [0.2, 0.25) is 0 Å². The van der Waals surface area contributed by atoms with Crippen molar-refractivity contribution in [2.75, 3.05) is 11.5 Å². The van der Waals surface area contributed by atoms with Crippen molar-refractivity contribution >= 4 is 64.5 Å². The summed E-state index contributed by atoms with van der Waals surface area (Å²) < 4.78 is 67.5. The molecule has 0 aliphatic heterocycles. The highest BCUT2D eigenvalue weighted by Gasteiger charge is 2.20. The molecule has 0 amide bonds. The van der Waals surface area contributed by atoms with E-state index in [4.69, 9.17) is 11.5 Å². The highest BCUT2D eigenvalue weighted by atomic mass is 32.2. The highest BCUT2D eigenvalue weighted by Crippen LogP contribution is 2.39. The Morgan fingerprint density at radius 1 is 0.522 bits per heavy atom. The van der Waals surface area contributed by atoms with E-state index in [1.54, 1.807) is 48.5 Å². The predicted molar refractivity (Wildman–Crippen MR) is 176 cm³/mol. The number of nitrogen functional groups attached to an aromatic ring is 2. The van der Waals surface area contributed by atoms with Crippen molar-refractivity contribution in [3.8, 4) is 0 Å². The first-order valence-electron chi connectivity index (χ1n) is 14.1. The lowest BCUT2D eigenvalue weighted by molar-refractivity contribution is 0.482. The van der Waals surface area contributed by atoms with Crippen molar-refractivity contribution < 1.29 is 25.9 Å². The van der Waals surface area contributed by atoms with Gasteiger partial charge in [-0.05, 0) is 61.1 Å². The van der Waals surface area contributed by atoms with E-state index in [0.29, 0.717) is 58.6 Å². The van der Waals surface area contributed by atoms with Crippen LogP contribution >= 0.6 is 0 Å². The molecule has 2 aliphatic carbocycles. The molecule has 12 nitrogen and oxygen atoms in total. The molecule has 46 heavy (non-hydrogen) atoms. The van der Waals surface area contributed by atoms with Crippen LogP contribution in [-0.2, 0) is 20.2 Å². The molecule has 6 N–H and O–H groups in total. The summed E-state index contributed by atoms with van der Waals surface area (Å²) in [5.41, 5.74) is 16.9. The molecule has 0 unspecified atom stereocenters. The molecule has 6 rings (SSSR count). The Morgan fingerprint density at radius 2 is 0.891 bits per heavy atom. The topological polar surface area (TPSA) is 210 Å². The number of rotatable bonds is 7. The third-order valence-electron chi connectivity index (χ3n) is 7.85. The number of azo groups is 2. The minimum Gasteiger partial charge on any atom is -0.396 e. The average Bonchev–Trinajstić information content (AvgIpc) is 3.04. The fourth-order valence-corrected chi connectivity index (χ4v) is 6.92. The number of fused-ring (bicyclic) bond motifs is 2. The van der Waals surface area contributed by atoms with E-state index in [2.05, 4.69) is 20.5 Å². The Balaban J connectivity index is 1.21. The smallest absolute Gasteiger partial charge is 0.295 e. The SMILES string of the molecule is Nc1c(N=NC2=CC=C(C3=CC=C(N=Nc4cc(S(=O)(=O)O)c5ccccc5c4N)CC3)CC2)cc(S(=O)(=O)O)c2ccccc12. The summed E-state index contributed by atoms with van der Waals surface area (Å²) >= 11 is 0. The summed E-state index contributed by atoms with van der Waals surface area (Å²) in [5, 5.41) is 18.5. The largest absolute Gasteiger partial charge is 0.396 e. The van der Waals surface area contributed by atoms with Crippen molar-refractivity contribution in [2.24, 2.45) is 20.5 Å². The molecule has 234 valence electrons. The van der Waals surface area contributed by atoms with E-state index < -0.39 is 20.2 Å². The molecule has 0 atom stereocenters. The molecular formula is C32H28N6O6S2. The van der Waals surface area contributed by atoms with Gasteiger partial charge in [-0.15, -0.1) is 10.2 Å². The number of allylic oxidation sites excluding steroid dienone is 8. The van der Waals surface area contributed by atoms with Gasteiger partial charge in [0.25, 0.3) is 20.2 Å². The lowest BCUT2D eigenvalue weighted by Crippen LogP contribution is -2.01. The van der Waals surface area contributed by atoms with Crippen LogP contribution in [0.5, 0.6) is 0 Å². The lowest BCUT2D eigenvalue weighted by atomic mass is 9.90. The molecule has 0 saturated carbocycles. The van der Waals surface area contributed by atoms with Gasteiger partial charge < -0.3 is 11.5 Å². The van der Waals surface area contributed by atoms with Crippen LogP contribution in [0.3, 0.4) is 0 Å². The summed E-state index contributed by atoms with van der Waals surface area (Å²) in [7, 11) is -9.02. The molecule has 0 radical (unpaired) electrons. The summed E-state index contributed by atoms with van der Waals surface area (Å²) in [6, 6.07) is 15.6. The van der Waals surface area contributed by atoms with Gasteiger partial charge in [0.15, 0.2) is 0 Å². The fourth-order valence-electron chi connectivity index (χ4n) is 5.48. The minimum atomic E-state index is -4.51. The maximum Gasteiger partial charge on any atom is 0.295 e. The van der Waals surface area contributed by atoms with E-state index in [9.17, 15) is 25.9 Å². The Hall–Kier alpha value is -5.02. The molecule has 0 saturated heterocycles. The van der Waals surface area contributed by atoms with Crippen LogP contribution in [0, 0.1) is 0 Å². The van der Waals surface area contributed by atoms with Gasteiger partial charge in [0, 0.05) is 21.5 Å². The fraction of sp³-hybridized carbons (Fsp3) is 0.125. The third-order valence-corrected chi connectivity index (χ3v) is 9.64. The number of nitrogens with zero attached hydrogens (tertiary/aromatic N) is 4. The first kappa shape index (κ1) is 31.0. The number of hydrogen-bond donors (Lipinski definition) is 4. The molecule has 4 aromatic rings. The molecule has 0 fully saturated rings. The van der Waals surface area contributed by atoms with E-state index in [1.807, 2.05) is 24.3 Å². The van der Waals surface area contributed by atoms with Crippen LogP contribution in [0.4, 0.5) is 22.7 Å². The van der Waals surface area contributed by atoms with Crippen LogP contribution in [-0.4, -0.2) is 25.9 Å². The van der Waals surface area contributed by atoms with Gasteiger partial charge in [0.2, 0.25) is 0 Å². The van der Waals surface area contributed by atoms with Crippen molar-refractivity contribution in [3.63, 3.8) is 0 Å². The predicted octanol–water partition coefficient (Wildman–Crippen LogP) is 7.73. The first-order valence-corrected chi connectivity index (χ1v) is 17.0. The van der Waals surface area contributed by atoms with Gasteiger partial charge >= 0.3 is 0 Å². The maximum absolute atomic E-state index is 12.0. The zero-order valence-corrected chi connectivity index (χ0v) is 25.8. The van der Waals surface area contributed by atoms with Gasteiger partial charge in [-0.25, -0.2) is 0 Å². The van der Waals surface area contributed by atoms with E-state index >= 15 is 0 Å². The van der Waals surface area contributed by atoms with Crippen LogP contribution < -0.4 is 11.5 Å². The molecule has 0 bridgehead atoms. The molecule has 0 heterocycles. The quantitative estimate of drug-likeness (QED) is 0.0876. The normalized spacial score (nSPS) is 16.1. The van der Waals surface area contributed by atoms with Crippen molar-refractivity contribution in [1.82, 2.24) is 0 Å². The van der Waals surface area contributed by atoms with Gasteiger partial charge in [-0.1, -0.05) is 60.7 Å². The van der Waals surface area contributed by atoms with Crippen LogP contribution in [0.15, 0.2) is 138 Å². The number of anilines is 2. The lowest BCUT2D eigenvalue weighted by Gasteiger charge is -2.17. The number of hydrogen-bond acceptors (Lipinski definition) is 10. The van der Waals surface area contributed by atoms with Crippen molar-refractivity contribution in [2.45, 2.75) is 35.5 Å². The summed E-state index contributed by atoms with van der Waals surface area (Å²) in [6.45, 7) is 0. The number of nitrogens with two attached hydrogens (primary N) is 2. The standard InChI is InChI=1S/C32H28N6O6S2/c33-31-25-7-3-1-5-23(25)29(45(39,40)41)17-27(31)37-35-21-13-9-19(10-14-21)20-11-15-22(16-12-20)36-38-28-18-30(46(42,43)44)24-6-2-4-8-26(24)32(28)34/h1-9,11,13,15,17-18H,10,12,14,16,33-34H2,(H,39,40,41)(H,42,43,44). The van der Waals surface area contributed by atoms with Crippen molar-refractivity contribution in [1.29, 1.82) is 0 Å². The van der Waals surface area contributed by atoms with Gasteiger partial charge in [0.1, 0.15) is 21.2 Å².